The molecule has 0 unspecified atom stereocenters. The number of nitrogens with zero attached hydrogens (tertiary/aromatic N) is 2. The third-order valence-electron chi connectivity index (χ3n) is 4.49. The largest absolute Gasteiger partial charge is 0.508 e. The van der Waals surface area contributed by atoms with Crippen molar-refractivity contribution in [1.29, 1.82) is 0 Å². The molecule has 0 amide bonds. The van der Waals surface area contributed by atoms with Crippen LogP contribution in [0.1, 0.15) is 39.2 Å². The fourth-order valence-corrected chi connectivity index (χ4v) is 3.52. The molecule has 6 nitrogen and oxygen atoms in total. The summed E-state index contributed by atoms with van der Waals surface area (Å²) in [5.74, 6) is 0.0736. The van der Waals surface area contributed by atoms with E-state index in [2.05, 4.69) is 30.6 Å². The Morgan fingerprint density at radius 2 is 1.80 bits per heavy atom. The second-order valence-corrected chi connectivity index (χ2v) is 7.70. The summed E-state index contributed by atoms with van der Waals surface area (Å²) in [7, 11) is -3.89. The molecule has 1 aliphatic rings. The fourth-order valence-electron chi connectivity index (χ4n) is 3.02. The van der Waals surface area contributed by atoms with Crippen molar-refractivity contribution in [3.63, 3.8) is 0 Å². The average molecular weight is 373 g/mol. The molecule has 0 radical (unpaired) electrons. The highest BCUT2D eigenvalue weighted by atomic mass is 32.2. The van der Waals surface area contributed by atoms with Crippen molar-refractivity contribution in [2.75, 3.05) is 43.4 Å². The van der Waals surface area contributed by atoms with E-state index in [1.807, 2.05) is 6.07 Å². The predicted octanol–water partition coefficient (Wildman–Crippen LogP) is 2.77. The van der Waals surface area contributed by atoms with Gasteiger partial charge < -0.3 is 14.9 Å². The first-order valence-electron chi connectivity index (χ1n) is 9.05. The van der Waals surface area contributed by atoms with Crippen LogP contribution >= 0.6 is 0 Å². The van der Waals surface area contributed by atoms with Crippen molar-refractivity contribution < 1.29 is 18.1 Å². The van der Waals surface area contributed by atoms with Crippen LogP contribution in [0.4, 0.5) is 5.69 Å². The molecule has 0 atom stereocenters. The maximum Gasteiger partial charge on any atom is 0.264 e. The quantitative estimate of drug-likeness (QED) is 0.717. The van der Waals surface area contributed by atoms with Gasteiger partial charge in [0.05, 0.1) is 5.75 Å². The van der Waals surface area contributed by atoms with Crippen molar-refractivity contribution in [3.8, 4) is 5.75 Å². The molecule has 0 fully saturated rings. The van der Waals surface area contributed by atoms with Crippen LogP contribution in [0.2, 0.25) is 0 Å². The van der Waals surface area contributed by atoms with Gasteiger partial charge >= 0.3 is 0 Å². The Kier molecular flexibility index (Phi) is 9.24. The van der Waals surface area contributed by atoms with E-state index < -0.39 is 10.1 Å². The van der Waals surface area contributed by atoms with Gasteiger partial charge in [-0.15, -0.1) is 0 Å². The Bertz CT molecular complexity index is 610. The molecule has 2 rings (SSSR count). The van der Waals surface area contributed by atoms with E-state index in [4.69, 9.17) is 4.55 Å². The van der Waals surface area contributed by atoms with Crippen molar-refractivity contribution in [3.05, 3.63) is 23.8 Å². The summed E-state index contributed by atoms with van der Waals surface area (Å²) in [6.45, 7) is 11.5. The first-order valence-corrected chi connectivity index (χ1v) is 10.7. The third-order valence-corrected chi connectivity index (χ3v) is 5.30. The highest BCUT2D eigenvalue weighted by molar-refractivity contribution is 7.85. The Balaban J connectivity index is 0.000000381. The van der Waals surface area contributed by atoms with Gasteiger partial charge in [-0.05, 0) is 51.0 Å². The maximum atomic E-state index is 10.7. The van der Waals surface area contributed by atoms with Crippen LogP contribution in [-0.4, -0.2) is 61.5 Å². The minimum atomic E-state index is -3.89. The molecular weight excluding hydrogens is 340 g/mol. The van der Waals surface area contributed by atoms with Crippen LogP contribution in [0, 0.1) is 0 Å². The van der Waals surface area contributed by atoms with Gasteiger partial charge in [0.1, 0.15) is 5.75 Å². The van der Waals surface area contributed by atoms with Gasteiger partial charge in [0.25, 0.3) is 10.1 Å². The molecule has 0 saturated carbocycles. The Morgan fingerprint density at radius 1 is 1.16 bits per heavy atom. The summed E-state index contributed by atoms with van der Waals surface area (Å²) in [5, 5.41) is 9.77. The van der Waals surface area contributed by atoms with Crippen LogP contribution < -0.4 is 4.90 Å². The van der Waals surface area contributed by atoms with E-state index in [1.165, 1.54) is 19.6 Å². The molecule has 144 valence electrons. The molecule has 0 aromatic heterocycles. The normalized spacial score (nSPS) is 14.0. The van der Waals surface area contributed by atoms with Crippen molar-refractivity contribution >= 4 is 15.8 Å². The first-order chi connectivity index (χ1) is 11.8. The van der Waals surface area contributed by atoms with Crippen LogP contribution in [-0.2, 0) is 16.5 Å². The number of phenolic OH excluding ortho intramolecular Hbond substituents is 1. The van der Waals surface area contributed by atoms with Gasteiger partial charge in [-0.1, -0.05) is 26.8 Å². The number of benzene rings is 1. The highest BCUT2D eigenvalue weighted by Gasteiger charge is 2.19. The number of anilines is 1. The lowest BCUT2D eigenvalue weighted by molar-refractivity contribution is 0.321. The van der Waals surface area contributed by atoms with E-state index in [0.717, 1.165) is 30.6 Å². The van der Waals surface area contributed by atoms with Gasteiger partial charge in [-0.3, -0.25) is 4.55 Å². The summed E-state index contributed by atoms with van der Waals surface area (Å²) in [4.78, 5) is 4.43. The van der Waals surface area contributed by atoms with E-state index in [1.54, 1.807) is 12.1 Å². The number of aromatic hydroxyl groups is 1. The molecular formula is C18H32N2O4S. The monoisotopic (exact) mass is 372 g/mol. The summed E-state index contributed by atoms with van der Waals surface area (Å²) < 4.78 is 30.0. The number of rotatable bonds is 7. The molecule has 1 aliphatic heterocycles. The lowest BCUT2D eigenvalue weighted by atomic mass is 10.0. The topological polar surface area (TPSA) is 81.1 Å². The maximum absolute atomic E-state index is 10.7. The molecule has 0 bridgehead atoms. The lowest BCUT2D eigenvalue weighted by Crippen LogP contribution is -2.31. The van der Waals surface area contributed by atoms with Crippen molar-refractivity contribution in [2.24, 2.45) is 0 Å². The van der Waals surface area contributed by atoms with Gasteiger partial charge in [0.15, 0.2) is 0 Å². The Morgan fingerprint density at radius 3 is 2.32 bits per heavy atom. The molecule has 1 aromatic rings. The van der Waals surface area contributed by atoms with E-state index in [9.17, 15) is 13.5 Å². The van der Waals surface area contributed by atoms with Gasteiger partial charge in [-0.25, -0.2) is 0 Å². The highest BCUT2D eigenvalue weighted by Crippen LogP contribution is 2.33. The minimum Gasteiger partial charge on any atom is -0.508 e. The van der Waals surface area contributed by atoms with Crippen LogP contribution in [0.5, 0.6) is 5.75 Å². The van der Waals surface area contributed by atoms with Gasteiger partial charge in [0, 0.05) is 24.3 Å². The Hall–Kier alpha value is -1.31. The number of fused-ring (bicyclic) bond motifs is 1. The van der Waals surface area contributed by atoms with Crippen molar-refractivity contribution in [1.82, 2.24) is 4.90 Å². The molecule has 1 heterocycles. The summed E-state index contributed by atoms with van der Waals surface area (Å²) >= 11 is 0. The van der Waals surface area contributed by atoms with E-state index in [-0.39, 0.29) is 5.75 Å². The second kappa shape index (κ2) is 10.6. The minimum absolute atomic E-state index is 0.225. The molecule has 25 heavy (non-hydrogen) atoms. The third kappa shape index (κ3) is 7.63. The standard InChI is InChI=1S/C12H17NO4S.C6H15N/c14-12-6-1-5-11-10(12)4-2-7-13(11)8-3-9-18(15,16)17;1-4-7(5-2)6-3/h1,5-6,14H,2-4,7-9H2,(H,15,16,17);4-6H2,1-3H3. The molecule has 1 aromatic carbocycles. The molecule has 2 N–H and O–H groups in total. The lowest BCUT2D eigenvalue weighted by Gasteiger charge is -2.31. The van der Waals surface area contributed by atoms with Gasteiger partial charge in [0.2, 0.25) is 0 Å². The average Bonchev–Trinajstić information content (AvgIpc) is 2.57. The Labute approximate surface area is 152 Å². The zero-order valence-corrected chi connectivity index (χ0v) is 16.4. The molecule has 7 heteroatoms. The molecule has 0 saturated heterocycles. The number of hydrogen-bond donors (Lipinski definition) is 2. The summed E-state index contributed by atoms with van der Waals surface area (Å²) in [6.07, 6.45) is 2.17. The smallest absolute Gasteiger partial charge is 0.264 e. The molecule has 0 aliphatic carbocycles. The second-order valence-electron chi connectivity index (χ2n) is 6.12. The van der Waals surface area contributed by atoms with E-state index >= 15 is 0 Å². The van der Waals surface area contributed by atoms with Crippen molar-refractivity contribution in [2.45, 2.75) is 40.0 Å². The molecule has 0 spiro atoms. The van der Waals surface area contributed by atoms with E-state index in [0.29, 0.717) is 18.7 Å². The van der Waals surface area contributed by atoms with Crippen LogP contribution in [0.15, 0.2) is 18.2 Å². The SMILES string of the molecule is CCN(CC)CC.O=S(=O)(O)CCCN1CCCc2c(O)cccc21. The predicted molar refractivity (Wildman–Crippen MR) is 103 cm³/mol. The number of hydrogen-bond acceptors (Lipinski definition) is 5. The first kappa shape index (κ1) is 21.7. The summed E-state index contributed by atoms with van der Waals surface area (Å²) in [5.41, 5.74) is 1.90. The fraction of sp³-hybridized carbons (Fsp3) is 0.667. The summed E-state index contributed by atoms with van der Waals surface area (Å²) in [6, 6.07) is 5.39. The zero-order valence-electron chi connectivity index (χ0n) is 15.6. The van der Waals surface area contributed by atoms with Crippen LogP contribution in [0.3, 0.4) is 0 Å². The zero-order chi connectivity index (χ0) is 18.9. The number of phenols is 1. The van der Waals surface area contributed by atoms with Crippen LogP contribution in [0.25, 0.3) is 0 Å². The van der Waals surface area contributed by atoms with Gasteiger partial charge in [-0.2, -0.15) is 8.42 Å².